The molecule has 3 nitrogen and oxygen atoms in total. The van der Waals surface area contributed by atoms with E-state index in [4.69, 9.17) is 0 Å². The highest BCUT2D eigenvalue weighted by Crippen LogP contribution is 2.64. The molecule has 0 aromatic heterocycles. The van der Waals surface area contributed by atoms with Crippen LogP contribution in [0, 0.1) is 28.6 Å². The van der Waals surface area contributed by atoms with Gasteiger partial charge in [0.1, 0.15) is 5.78 Å². The number of aliphatic hydroxyl groups is 1. The van der Waals surface area contributed by atoms with E-state index < -0.39 is 0 Å². The molecule has 0 aliphatic heterocycles. The molecule has 0 saturated heterocycles. The molecular weight excluding hydrogens is 276 g/mol. The molecule has 1 N–H and O–H groups in total. The number of Topliss-reactive ketones (excluding diaryl/α,β-unsaturated/α-hetero) is 1. The van der Waals surface area contributed by atoms with Gasteiger partial charge in [0.05, 0.1) is 6.61 Å². The fourth-order valence-corrected chi connectivity index (χ4v) is 6.43. The molecule has 4 rings (SSSR count). The van der Waals surface area contributed by atoms with Crippen LogP contribution < -0.4 is 0 Å². The maximum absolute atomic E-state index is 12.4. The SMILES string of the molecule is C[C@@]12CC[C@H]3[C@@H](CCC4=CC(=O)CC[C@@]43CO)[C@@H]1CCC2=O. The van der Waals surface area contributed by atoms with E-state index in [1.54, 1.807) is 0 Å². The summed E-state index contributed by atoms with van der Waals surface area (Å²) in [6.07, 6.45) is 9.06. The third-order valence-electron chi connectivity index (χ3n) is 7.68. The summed E-state index contributed by atoms with van der Waals surface area (Å²) in [6, 6.07) is 0. The molecule has 0 amide bonds. The monoisotopic (exact) mass is 302 g/mol. The van der Waals surface area contributed by atoms with Gasteiger partial charge in [0.2, 0.25) is 0 Å². The number of hydrogen-bond donors (Lipinski definition) is 1. The molecular formula is C19H26O3. The van der Waals surface area contributed by atoms with E-state index in [9.17, 15) is 14.7 Å². The smallest absolute Gasteiger partial charge is 0.155 e. The lowest BCUT2D eigenvalue weighted by molar-refractivity contribution is -0.134. The number of ketones is 2. The van der Waals surface area contributed by atoms with Crippen molar-refractivity contribution < 1.29 is 14.7 Å². The molecule has 4 aliphatic carbocycles. The van der Waals surface area contributed by atoms with Gasteiger partial charge >= 0.3 is 0 Å². The molecule has 0 spiro atoms. The first kappa shape index (κ1) is 14.6. The zero-order valence-corrected chi connectivity index (χ0v) is 13.4. The number of aliphatic hydroxyl groups excluding tert-OH is 1. The summed E-state index contributed by atoms with van der Waals surface area (Å²) in [7, 11) is 0. The van der Waals surface area contributed by atoms with Gasteiger partial charge in [-0.1, -0.05) is 12.5 Å². The summed E-state index contributed by atoms with van der Waals surface area (Å²) in [5.74, 6) is 2.22. The Balaban J connectivity index is 1.73. The fourth-order valence-electron chi connectivity index (χ4n) is 6.43. The third-order valence-corrected chi connectivity index (χ3v) is 7.68. The van der Waals surface area contributed by atoms with Crippen LogP contribution in [0.1, 0.15) is 58.3 Å². The number of hydrogen-bond acceptors (Lipinski definition) is 3. The van der Waals surface area contributed by atoms with Crippen molar-refractivity contribution in [2.24, 2.45) is 28.6 Å². The molecule has 3 fully saturated rings. The van der Waals surface area contributed by atoms with Gasteiger partial charge in [-0.25, -0.2) is 0 Å². The van der Waals surface area contributed by atoms with Crippen molar-refractivity contribution in [3.05, 3.63) is 11.6 Å². The molecule has 22 heavy (non-hydrogen) atoms. The summed E-state index contributed by atoms with van der Waals surface area (Å²) >= 11 is 0. The van der Waals surface area contributed by atoms with Crippen LogP contribution in [-0.4, -0.2) is 23.3 Å². The van der Waals surface area contributed by atoms with Crippen LogP contribution in [0.25, 0.3) is 0 Å². The van der Waals surface area contributed by atoms with Crippen LogP contribution in [0.4, 0.5) is 0 Å². The Labute approximate surface area is 132 Å². The number of carbonyl (C=O) groups is 2. The highest BCUT2D eigenvalue weighted by atomic mass is 16.3. The van der Waals surface area contributed by atoms with Gasteiger partial charge in [-0.2, -0.15) is 0 Å². The zero-order valence-electron chi connectivity index (χ0n) is 13.4. The van der Waals surface area contributed by atoms with Gasteiger partial charge in [-0.15, -0.1) is 0 Å². The van der Waals surface area contributed by atoms with E-state index in [0.717, 1.165) is 44.9 Å². The summed E-state index contributed by atoms with van der Waals surface area (Å²) in [6.45, 7) is 2.36. The van der Waals surface area contributed by atoms with Gasteiger partial charge in [0.15, 0.2) is 5.78 Å². The normalized spacial score (nSPS) is 47.5. The van der Waals surface area contributed by atoms with Crippen molar-refractivity contribution in [2.75, 3.05) is 6.61 Å². The minimum absolute atomic E-state index is 0.108. The lowest BCUT2D eigenvalue weighted by atomic mass is 9.47. The molecule has 4 aliphatic rings. The van der Waals surface area contributed by atoms with Gasteiger partial charge in [-0.05, 0) is 62.4 Å². The van der Waals surface area contributed by atoms with Crippen molar-refractivity contribution in [1.29, 1.82) is 0 Å². The molecule has 120 valence electrons. The highest BCUT2D eigenvalue weighted by Gasteiger charge is 2.59. The molecule has 0 bridgehead atoms. The molecule has 0 radical (unpaired) electrons. The van der Waals surface area contributed by atoms with Crippen molar-refractivity contribution in [3.63, 3.8) is 0 Å². The van der Waals surface area contributed by atoms with Crippen molar-refractivity contribution >= 4 is 11.6 Å². The van der Waals surface area contributed by atoms with Crippen LogP contribution in [0.2, 0.25) is 0 Å². The van der Waals surface area contributed by atoms with E-state index in [0.29, 0.717) is 30.0 Å². The largest absolute Gasteiger partial charge is 0.395 e. The second-order valence-corrected chi connectivity index (χ2v) is 8.28. The lowest BCUT2D eigenvalue weighted by Crippen LogP contribution is -2.53. The maximum Gasteiger partial charge on any atom is 0.155 e. The number of fused-ring (bicyclic) bond motifs is 5. The quantitative estimate of drug-likeness (QED) is 0.810. The second-order valence-electron chi connectivity index (χ2n) is 8.28. The van der Waals surface area contributed by atoms with Crippen molar-refractivity contribution in [3.8, 4) is 0 Å². The average molecular weight is 302 g/mol. The van der Waals surface area contributed by atoms with Gasteiger partial charge in [-0.3, -0.25) is 9.59 Å². The molecule has 0 heterocycles. The Hall–Kier alpha value is -0.960. The topological polar surface area (TPSA) is 54.4 Å². The van der Waals surface area contributed by atoms with Crippen LogP contribution >= 0.6 is 0 Å². The van der Waals surface area contributed by atoms with E-state index >= 15 is 0 Å². The lowest BCUT2D eigenvalue weighted by Gasteiger charge is -2.57. The average Bonchev–Trinajstić information content (AvgIpc) is 2.82. The molecule has 0 aromatic rings. The molecule has 5 atom stereocenters. The van der Waals surface area contributed by atoms with Crippen molar-refractivity contribution in [1.82, 2.24) is 0 Å². The summed E-state index contributed by atoms with van der Waals surface area (Å²) in [5, 5.41) is 10.2. The predicted octanol–water partition coefficient (Wildman–Crippen LogP) is 3.06. The Morgan fingerprint density at radius 1 is 1.09 bits per heavy atom. The summed E-state index contributed by atoms with van der Waals surface area (Å²) < 4.78 is 0. The first-order chi connectivity index (χ1) is 10.5. The molecule has 3 heteroatoms. The number of carbonyl (C=O) groups excluding carboxylic acids is 2. The van der Waals surface area contributed by atoms with Gasteiger partial charge in [0, 0.05) is 23.7 Å². The van der Waals surface area contributed by atoms with Crippen LogP contribution in [0.5, 0.6) is 0 Å². The predicted molar refractivity (Wildman–Crippen MR) is 83.1 cm³/mol. The second kappa shape index (κ2) is 4.77. The van der Waals surface area contributed by atoms with E-state index in [2.05, 4.69) is 6.92 Å². The first-order valence-corrected chi connectivity index (χ1v) is 8.89. The first-order valence-electron chi connectivity index (χ1n) is 8.89. The van der Waals surface area contributed by atoms with Gasteiger partial charge < -0.3 is 5.11 Å². The van der Waals surface area contributed by atoms with E-state index in [1.807, 2.05) is 6.08 Å². The van der Waals surface area contributed by atoms with E-state index in [1.165, 1.54) is 5.57 Å². The maximum atomic E-state index is 12.4. The Morgan fingerprint density at radius 3 is 2.68 bits per heavy atom. The molecule has 0 aromatic carbocycles. The van der Waals surface area contributed by atoms with Crippen LogP contribution in [0.15, 0.2) is 11.6 Å². The Kier molecular flexibility index (Phi) is 3.17. The van der Waals surface area contributed by atoms with Crippen LogP contribution in [0.3, 0.4) is 0 Å². The third kappa shape index (κ3) is 1.72. The fraction of sp³-hybridized carbons (Fsp3) is 0.789. The number of rotatable bonds is 1. The Morgan fingerprint density at radius 2 is 1.91 bits per heavy atom. The molecule has 0 unspecified atom stereocenters. The standard InChI is InChI=1S/C19H26O3/c1-18-8-7-16-14(15(18)4-5-17(18)22)3-2-12-10-13(21)6-9-19(12,16)11-20/h10,14-16,20H,2-9,11H2,1H3/t14-,15-,16-,18+,19+/m0/s1. The van der Waals surface area contributed by atoms with Gasteiger partial charge in [0.25, 0.3) is 0 Å². The Bertz CT molecular complexity index is 563. The highest BCUT2D eigenvalue weighted by molar-refractivity contribution is 5.91. The van der Waals surface area contributed by atoms with E-state index in [-0.39, 0.29) is 23.2 Å². The summed E-state index contributed by atoms with van der Waals surface area (Å²) in [4.78, 5) is 24.2. The molecule has 3 saturated carbocycles. The summed E-state index contributed by atoms with van der Waals surface area (Å²) in [5.41, 5.74) is 0.938. The van der Waals surface area contributed by atoms with Crippen LogP contribution in [-0.2, 0) is 9.59 Å². The van der Waals surface area contributed by atoms with Crippen molar-refractivity contribution in [2.45, 2.75) is 58.3 Å². The minimum Gasteiger partial charge on any atom is -0.395 e. The zero-order chi connectivity index (χ0) is 15.5. The minimum atomic E-state index is -0.163.